The number of nitrogens with zero attached hydrogens (tertiary/aromatic N) is 1. The highest BCUT2D eigenvalue weighted by molar-refractivity contribution is 7.89. The number of fused-ring (bicyclic) bond motifs is 1. The molecule has 1 heterocycles. The Morgan fingerprint density at radius 1 is 1.37 bits per heavy atom. The topological polar surface area (TPSA) is 69.6 Å². The van der Waals surface area contributed by atoms with Gasteiger partial charge in [-0.3, -0.25) is 0 Å². The van der Waals surface area contributed by atoms with E-state index in [0.717, 1.165) is 37.1 Å². The quantitative estimate of drug-likeness (QED) is 0.838. The van der Waals surface area contributed by atoms with Crippen molar-refractivity contribution in [1.82, 2.24) is 4.31 Å². The van der Waals surface area contributed by atoms with Crippen LogP contribution >= 0.6 is 0 Å². The SMILES string of the molecule is O=S(=O)(c1ccc2c(c1)CCN2)N(CCO)C1CC1. The summed E-state index contributed by atoms with van der Waals surface area (Å²) in [7, 11) is -3.48. The molecule has 0 atom stereocenters. The van der Waals surface area contributed by atoms with Crippen LogP contribution in [0, 0.1) is 0 Å². The van der Waals surface area contributed by atoms with Crippen molar-refractivity contribution < 1.29 is 13.5 Å². The lowest BCUT2D eigenvalue weighted by Crippen LogP contribution is -2.35. The Morgan fingerprint density at radius 2 is 2.16 bits per heavy atom. The summed E-state index contributed by atoms with van der Waals surface area (Å²) in [6.07, 6.45) is 2.65. The van der Waals surface area contributed by atoms with Crippen molar-refractivity contribution in [1.29, 1.82) is 0 Å². The second-order valence-corrected chi connectivity index (χ2v) is 6.96. The molecule has 6 heteroatoms. The number of rotatable bonds is 5. The van der Waals surface area contributed by atoms with Gasteiger partial charge < -0.3 is 10.4 Å². The first-order valence-corrected chi connectivity index (χ1v) is 8.06. The molecule has 0 amide bonds. The van der Waals surface area contributed by atoms with E-state index in [4.69, 9.17) is 5.11 Å². The summed E-state index contributed by atoms with van der Waals surface area (Å²) in [6, 6.07) is 5.32. The maximum Gasteiger partial charge on any atom is 0.243 e. The van der Waals surface area contributed by atoms with Crippen molar-refractivity contribution in [3.8, 4) is 0 Å². The maximum atomic E-state index is 12.6. The fourth-order valence-corrected chi connectivity index (χ4v) is 4.26. The van der Waals surface area contributed by atoms with Crippen molar-refractivity contribution in [2.45, 2.75) is 30.2 Å². The minimum Gasteiger partial charge on any atom is -0.395 e. The first-order valence-electron chi connectivity index (χ1n) is 6.62. The van der Waals surface area contributed by atoms with E-state index in [1.54, 1.807) is 12.1 Å². The highest BCUT2D eigenvalue weighted by Crippen LogP contribution is 2.33. The summed E-state index contributed by atoms with van der Waals surface area (Å²) in [5.41, 5.74) is 2.08. The predicted octanol–water partition coefficient (Wildman–Crippen LogP) is 0.800. The van der Waals surface area contributed by atoms with Crippen LogP contribution in [0.2, 0.25) is 0 Å². The summed E-state index contributed by atoms with van der Waals surface area (Å²) in [6.45, 7) is 0.909. The number of hydrogen-bond donors (Lipinski definition) is 2. The van der Waals surface area contributed by atoms with Gasteiger partial charge in [0.25, 0.3) is 0 Å². The van der Waals surface area contributed by atoms with Crippen molar-refractivity contribution in [3.63, 3.8) is 0 Å². The van der Waals surface area contributed by atoms with E-state index >= 15 is 0 Å². The van der Waals surface area contributed by atoms with Crippen LogP contribution in [0.3, 0.4) is 0 Å². The Hall–Kier alpha value is -1.11. The summed E-state index contributed by atoms with van der Waals surface area (Å²) in [5.74, 6) is 0. The third kappa shape index (κ3) is 2.35. The molecule has 0 spiro atoms. The first-order chi connectivity index (χ1) is 9.13. The van der Waals surface area contributed by atoms with Crippen molar-refractivity contribution >= 4 is 15.7 Å². The number of nitrogens with one attached hydrogen (secondary N) is 1. The molecule has 104 valence electrons. The number of anilines is 1. The molecule has 1 aromatic carbocycles. The van der Waals surface area contributed by atoms with Crippen LogP contribution < -0.4 is 5.32 Å². The minimum absolute atomic E-state index is 0.0727. The summed E-state index contributed by atoms with van der Waals surface area (Å²) in [5, 5.41) is 12.3. The van der Waals surface area contributed by atoms with Gasteiger partial charge in [-0.25, -0.2) is 8.42 Å². The van der Waals surface area contributed by atoms with E-state index < -0.39 is 10.0 Å². The van der Waals surface area contributed by atoms with Gasteiger partial charge in [0.1, 0.15) is 0 Å². The predicted molar refractivity (Wildman–Crippen MR) is 72.6 cm³/mol. The minimum atomic E-state index is -3.48. The fraction of sp³-hybridized carbons (Fsp3) is 0.538. The number of aliphatic hydroxyl groups excluding tert-OH is 1. The fourth-order valence-electron chi connectivity index (χ4n) is 2.54. The van der Waals surface area contributed by atoms with E-state index in [2.05, 4.69) is 5.32 Å². The van der Waals surface area contributed by atoms with Crippen LogP contribution in [-0.4, -0.2) is 43.6 Å². The molecule has 0 aromatic heterocycles. The van der Waals surface area contributed by atoms with E-state index in [1.807, 2.05) is 6.07 Å². The molecule has 3 rings (SSSR count). The number of hydrogen-bond acceptors (Lipinski definition) is 4. The van der Waals surface area contributed by atoms with Gasteiger partial charge in [0.05, 0.1) is 11.5 Å². The van der Waals surface area contributed by atoms with Crippen molar-refractivity contribution in [3.05, 3.63) is 23.8 Å². The molecule has 2 N–H and O–H groups in total. The van der Waals surface area contributed by atoms with Crippen molar-refractivity contribution in [2.24, 2.45) is 0 Å². The number of benzene rings is 1. The summed E-state index contributed by atoms with van der Waals surface area (Å²) in [4.78, 5) is 0.343. The Morgan fingerprint density at radius 3 is 2.84 bits per heavy atom. The van der Waals surface area contributed by atoms with Crippen LogP contribution in [0.15, 0.2) is 23.1 Å². The lowest BCUT2D eigenvalue weighted by atomic mass is 10.2. The zero-order valence-corrected chi connectivity index (χ0v) is 11.5. The largest absolute Gasteiger partial charge is 0.395 e. The van der Waals surface area contributed by atoms with Crippen molar-refractivity contribution in [2.75, 3.05) is 25.0 Å². The molecule has 0 bridgehead atoms. The van der Waals surface area contributed by atoms with Gasteiger partial charge in [0.2, 0.25) is 10.0 Å². The van der Waals surface area contributed by atoms with Gasteiger partial charge in [-0.15, -0.1) is 0 Å². The maximum absolute atomic E-state index is 12.6. The van der Waals surface area contributed by atoms with Gasteiger partial charge >= 0.3 is 0 Å². The second kappa shape index (κ2) is 4.77. The molecular weight excluding hydrogens is 264 g/mol. The summed E-state index contributed by atoms with van der Waals surface area (Å²) < 4.78 is 26.6. The van der Waals surface area contributed by atoms with Crippen LogP contribution in [0.5, 0.6) is 0 Å². The molecule has 0 radical (unpaired) electrons. The molecule has 0 saturated heterocycles. The van der Waals surface area contributed by atoms with Crippen LogP contribution in [0.1, 0.15) is 18.4 Å². The zero-order valence-electron chi connectivity index (χ0n) is 10.7. The molecule has 1 aliphatic heterocycles. The van der Waals surface area contributed by atoms with Gasteiger partial charge in [0, 0.05) is 24.8 Å². The van der Waals surface area contributed by atoms with E-state index in [-0.39, 0.29) is 19.2 Å². The highest BCUT2D eigenvalue weighted by Gasteiger charge is 2.37. The van der Waals surface area contributed by atoms with Gasteiger partial charge in [-0.2, -0.15) is 4.31 Å². The molecule has 1 aromatic rings. The van der Waals surface area contributed by atoms with Gasteiger partial charge in [-0.1, -0.05) is 0 Å². The van der Waals surface area contributed by atoms with E-state index in [1.165, 1.54) is 4.31 Å². The summed E-state index contributed by atoms with van der Waals surface area (Å²) >= 11 is 0. The van der Waals surface area contributed by atoms with Crippen LogP contribution in [-0.2, 0) is 16.4 Å². The Balaban J connectivity index is 1.94. The normalized spacial score (nSPS) is 18.4. The molecule has 1 fully saturated rings. The van der Waals surface area contributed by atoms with Gasteiger partial charge in [-0.05, 0) is 43.0 Å². The molecule has 1 aliphatic carbocycles. The monoisotopic (exact) mass is 282 g/mol. The van der Waals surface area contributed by atoms with Crippen LogP contribution in [0.4, 0.5) is 5.69 Å². The van der Waals surface area contributed by atoms with E-state index in [0.29, 0.717) is 4.90 Å². The first kappa shape index (κ1) is 12.9. The molecule has 2 aliphatic rings. The zero-order chi connectivity index (χ0) is 13.5. The lowest BCUT2D eigenvalue weighted by molar-refractivity contribution is 0.250. The molecule has 0 unspecified atom stereocenters. The molecule has 5 nitrogen and oxygen atoms in total. The average molecular weight is 282 g/mol. The molecule has 19 heavy (non-hydrogen) atoms. The number of sulfonamides is 1. The average Bonchev–Trinajstić information content (AvgIpc) is 3.11. The van der Waals surface area contributed by atoms with Crippen LogP contribution in [0.25, 0.3) is 0 Å². The molecular formula is C13H18N2O3S. The third-order valence-electron chi connectivity index (χ3n) is 3.67. The number of aliphatic hydroxyl groups is 1. The van der Waals surface area contributed by atoms with Gasteiger partial charge in [0.15, 0.2) is 0 Å². The molecule has 1 saturated carbocycles. The Labute approximate surface area is 113 Å². The standard InChI is InChI=1S/C13H18N2O3S/c16-8-7-15(11-1-2-11)19(17,18)12-3-4-13-10(9-12)5-6-14-13/h3-4,9,11,14,16H,1-2,5-8H2. The van der Waals surface area contributed by atoms with E-state index in [9.17, 15) is 8.42 Å². The third-order valence-corrected chi connectivity index (χ3v) is 5.62. The lowest BCUT2D eigenvalue weighted by Gasteiger charge is -2.21. The highest BCUT2D eigenvalue weighted by atomic mass is 32.2. The smallest absolute Gasteiger partial charge is 0.243 e. The Bertz CT molecular complexity index is 582. The second-order valence-electron chi connectivity index (χ2n) is 5.07. The Kier molecular flexibility index (Phi) is 3.24.